The molecule has 1 heterocycles. The number of oxazole rings is 1. The van der Waals surface area contributed by atoms with Gasteiger partial charge in [0.2, 0.25) is 0 Å². The smallest absolute Gasteiger partial charge is 0.256 e. The van der Waals surface area contributed by atoms with Crippen LogP contribution in [-0.2, 0) is 0 Å². The first-order chi connectivity index (χ1) is 10.7. The zero-order chi connectivity index (χ0) is 15.4. The molecule has 3 aromatic rings. The van der Waals surface area contributed by atoms with Gasteiger partial charge < -0.3 is 9.15 Å². The zero-order valence-electron chi connectivity index (χ0n) is 11.5. The monoisotopic (exact) mass is 330 g/mol. The molecule has 0 saturated carbocycles. The van der Waals surface area contributed by atoms with Crippen molar-refractivity contribution in [1.29, 1.82) is 5.26 Å². The van der Waals surface area contributed by atoms with E-state index < -0.39 is 0 Å². The van der Waals surface area contributed by atoms with Crippen LogP contribution in [0.3, 0.4) is 0 Å². The fraction of sp³-hybridized carbons (Fsp3) is 0.125. The molecule has 3 rings (SSSR count). The van der Waals surface area contributed by atoms with Crippen molar-refractivity contribution in [3.63, 3.8) is 0 Å². The zero-order valence-corrected chi connectivity index (χ0v) is 13.0. The molecule has 0 N–H and O–H groups in total. The summed E-state index contributed by atoms with van der Waals surface area (Å²) in [6, 6.07) is 14.5. The van der Waals surface area contributed by atoms with Gasteiger partial charge >= 0.3 is 0 Å². The molecule has 0 radical (unpaired) electrons. The Labute approximate surface area is 136 Å². The van der Waals surface area contributed by atoms with Gasteiger partial charge in [-0.1, -0.05) is 23.4 Å². The Morgan fingerprint density at radius 2 is 2.05 bits per heavy atom. The van der Waals surface area contributed by atoms with Crippen molar-refractivity contribution in [3.05, 3.63) is 53.1 Å². The molecule has 0 aliphatic heterocycles. The van der Waals surface area contributed by atoms with Crippen LogP contribution in [0.5, 0.6) is 5.75 Å². The summed E-state index contributed by atoms with van der Waals surface area (Å²) in [5, 5.41) is 9.95. The van der Waals surface area contributed by atoms with Gasteiger partial charge in [0.05, 0.1) is 18.2 Å². The fourth-order valence-electron chi connectivity index (χ4n) is 1.85. The Morgan fingerprint density at radius 3 is 2.82 bits per heavy atom. The number of ether oxygens (including phenoxy) is 1. The van der Waals surface area contributed by atoms with Gasteiger partial charge in [-0.25, -0.2) is 4.98 Å². The fourth-order valence-corrected chi connectivity index (χ4v) is 2.67. The summed E-state index contributed by atoms with van der Waals surface area (Å²) in [7, 11) is 0. The van der Waals surface area contributed by atoms with Crippen molar-refractivity contribution in [2.24, 2.45) is 0 Å². The highest BCUT2D eigenvalue weighted by atomic mass is 35.5. The van der Waals surface area contributed by atoms with E-state index >= 15 is 0 Å². The maximum absolute atomic E-state index is 8.73. The molecule has 0 atom stereocenters. The van der Waals surface area contributed by atoms with Crippen LogP contribution in [-0.4, -0.2) is 17.3 Å². The molecule has 0 fully saturated rings. The standard InChI is InChI=1S/C16H11ClN2O2S/c17-12-3-6-14-15(9-12)21-16(19-14)22-8-7-20-13-4-1-11(10-18)2-5-13/h1-6,9H,7-8H2. The summed E-state index contributed by atoms with van der Waals surface area (Å²) in [4.78, 5) is 4.37. The second-order valence-corrected chi connectivity index (χ2v) is 5.91. The number of hydrogen-bond acceptors (Lipinski definition) is 5. The van der Waals surface area contributed by atoms with E-state index in [0.717, 1.165) is 11.3 Å². The van der Waals surface area contributed by atoms with E-state index in [2.05, 4.69) is 11.1 Å². The third-order valence-corrected chi connectivity index (χ3v) is 3.92. The Bertz CT molecular complexity index is 824. The number of aromatic nitrogens is 1. The van der Waals surface area contributed by atoms with Gasteiger partial charge in [0.1, 0.15) is 11.3 Å². The van der Waals surface area contributed by atoms with Crippen molar-refractivity contribution in [2.45, 2.75) is 5.22 Å². The summed E-state index contributed by atoms with van der Waals surface area (Å²) in [6.45, 7) is 0.524. The Hall–Kier alpha value is -2.16. The van der Waals surface area contributed by atoms with Crippen LogP contribution in [0, 0.1) is 11.3 Å². The van der Waals surface area contributed by atoms with E-state index in [1.165, 1.54) is 11.8 Å². The number of nitriles is 1. The maximum Gasteiger partial charge on any atom is 0.256 e. The minimum atomic E-state index is 0.524. The first-order valence-electron chi connectivity index (χ1n) is 6.56. The Morgan fingerprint density at radius 1 is 1.23 bits per heavy atom. The van der Waals surface area contributed by atoms with Crippen molar-refractivity contribution in [2.75, 3.05) is 12.4 Å². The Kier molecular flexibility index (Phi) is 4.52. The first-order valence-corrected chi connectivity index (χ1v) is 7.93. The van der Waals surface area contributed by atoms with Gasteiger partial charge in [0.15, 0.2) is 5.58 Å². The van der Waals surface area contributed by atoms with Gasteiger partial charge in [0, 0.05) is 16.8 Å². The van der Waals surface area contributed by atoms with E-state index in [1.54, 1.807) is 36.4 Å². The number of nitrogens with zero attached hydrogens (tertiary/aromatic N) is 2. The number of halogens is 1. The number of benzene rings is 2. The second-order valence-electron chi connectivity index (χ2n) is 4.42. The summed E-state index contributed by atoms with van der Waals surface area (Å²) in [5.41, 5.74) is 2.09. The van der Waals surface area contributed by atoms with Crippen LogP contribution in [0.4, 0.5) is 0 Å². The molecule has 110 valence electrons. The third kappa shape index (κ3) is 3.53. The van der Waals surface area contributed by atoms with Crippen molar-refractivity contribution >= 4 is 34.5 Å². The largest absolute Gasteiger partial charge is 0.493 e. The van der Waals surface area contributed by atoms with Gasteiger partial charge in [-0.15, -0.1) is 0 Å². The first kappa shape index (κ1) is 14.8. The lowest BCUT2D eigenvalue weighted by molar-refractivity contribution is 0.343. The van der Waals surface area contributed by atoms with Crippen LogP contribution in [0.25, 0.3) is 11.1 Å². The highest BCUT2D eigenvalue weighted by Crippen LogP contribution is 2.25. The second kappa shape index (κ2) is 6.73. The van der Waals surface area contributed by atoms with Gasteiger partial charge in [-0.05, 0) is 36.4 Å². The molecule has 0 amide bonds. The molecular weight excluding hydrogens is 320 g/mol. The molecule has 22 heavy (non-hydrogen) atoms. The minimum Gasteiger partial charge on any atom is -0.493 e. The molecule has 1 aromatic heterocycles. The van der Waals surface area contributed by atoms with E-state index in [4.69, 9.17) is 26.0 Å². The quantitative estimate of drug-likeness (QED) is 0.508. The van der Waals surface area contributed by atoms with Gasteiger partial charge in [0.25, 0.3) is 5.22 Å². The lowest BCUT2D eigenvalue weighted by Crippen LogP contribution is -1.99. The Balaban J connectivity index is 1.52. The maximum atomic E-state index is 8.73. The average Bonchev–Trinajstić information content (AvgIpc) is 2.94. The van der Waals surface area contributed by atoms with Crippen LogP contribution < -0.4 is 4.74 Å². The summed E-state index contributed by atoms with van der Waals surface area (Å²) < 4.78 is 11.2. The minimum absolute atomic E-state index is 0.524. The molecule has 0 aliphatic rings. The van der Waals surface area contributed by atoms with Crippen molar-refractivity contribution < 1.29 is 9.15 Å². The van der Waals surface area contributed by atoms with E-state index in [0.29, 0.717) is 33.8 Å². The molecule has 6 heteroatoms. The lowest BCUT2D eigenvalue weighted by Gasteiger charge is -2.04. The van der Waals surface area contributed by atoms with Crippen molar-refractivity contribution in [3.8, 4) is 11.8 Å². The van der Waals surface area contributed by atoms with Crippen LogP contribution in [0.15, 0.2) is 52.1 Å². The van der Waals surface area contributed by atoms with Crippen LogP contribution in [0.2, 0.25) is 5.02 Å². The molecule has 0 spiro atoms. The number of fused-ring (bicyclic) bond motifs is 1. The molecule has 0 bridgehead atoms. The van der Waals surface area contributed by atoms with Gasteiger partial charge in [-0.3, -0.25) is 0 Å². The summed E-state index contributed by atoms with van der Waals surface area (Å²) in [6.07, 6.45) is 0. The molecule has 2 aromatic carbocycles. The topological polar surface area (TPSA) is 59.0 Å². The van der Waals surface area contributed by atoms with E-state index in [9.17, 15) is 0 Å². The molecule has 0 aliphatic carbocycles. The number of hydrogen-bond donors (Lipinski definition) is 0. The summed E-state index contributed by atoms with van der Waals surface area (Å²) in [5.74, 6) is 1.45. The third-order valence-electron chi connectivity index (χ3n) is 2.89. The molecule has 4 nitrogen and oxygen atoms in total. The predicted octanol–water partition coefficient (Wildman–Crippen LogP) is 4.52. The van der Waals surface area contributed by atoms with Crippen molar-refractivity contribution in [1.82, 2.24) is 4.98 Å². The summed E-state index contributed by atoms with van der Waals surface area (Å²) >= 11 is 7.39. The van der Waals surface area contributed by atoms with Crippen LogP contribution >= 0.6 is 23.4 Å². The average molecular weight is 331 g/mol. The highest BCUT2D eigenvalue weighted by Gasteiger charge is 2.06. The predicted molar refractivity (Wildman–Crippen MR) is 86.4 cm³/mol. The SMILES string of the molecule is N#Cc1ccc(OCCSc2nc3ccc(Cl)cc3o2)cc1. The lowest BCUT2D eigenvalue weighted by atomic mass is 10.2. The van der Waals surface area contributed by atoms with E-state index in [1.807, 2.05) is 6.07 Å². The number of rotatable bonds is 5. The van der Waals surface area contributed by atoms with Crippen LogP contribution in [0.1, 0.15) is 5.56 Å². The molecule has 0 unspecified atom stereocenters. The highest BCUT2D eigenvalue weighted by molar-refractivity contribution is 7.99. The normalized spacial score (nSPS) is 10.5. The van der Waals surface area contributed by atoms with Gasteiger partial charge in [-0.2, -0.15) is 5.26 Å². The van der Waals surface area contributed by atoms with E-state index in [-0.39, 0.29) is 0 Å². The number of thioether (sulfide) groups is 1. The molecular formula is C16H11ClN2O2S. The molecule has 0 saturated heterocycles.